The predicted molar refractivity (Wildman–Crippen MR) is 131 cm³/mol. The van der Waals surface area contributed by atoms with E-state index in [0.717, 1.165) is 24.6 Å². The Morgan fingerprint density at radius 1 is 1.14 bits per heavy atom. The zero-order chi connectivity index (χ0) is 24.9. The van der Waals surface area contributed by atoms with Crippen molar-refractivity contribution in [1.82, 2.24) is 9.55 Å². The molecular weight excluding hydrogens is 472 g/mol. The second-order valence-corrected chi connectivity index (χ2v) is 8.89. The van der Waals surface area contributed by atoms with Crippen molar-refractivity contribution in [2.45, 2.75) is 30.6 Å². The monoisotopic (exact) mass is 498 g/mol. The molecule has 9 nitrogen and oxygen atoms in total. The van der Waals surface area contributed by atoms with Gasteiger partial charge in [-0.2, -0.15) is 0 Å². The highest BCUT2D eigenvalue weighted by Crippen LogP contribution is 2.28. The Bertz CT molecular complexity index is 1320. The number of ether oxygens (including phenoxy) is 4. The van der Waals surface area contributed by atoms with Crippen molar-refractivity contribution in [3.8, 4) is 11.5 Å². The lowest BCUT2D eigenvalue weighted by Gasteiger charge is -2.17. The maximum absolute atomic E-state index is 13.4. The molecule has 0 N–H and O–H groups in total. The number of hydrogen-bond acceptors (Lipinski definition) is 9. The number of methoxy groups -OCH3 is 3. The Morgan fingerprint density at radius 3 is 2.66 bits per heavy atom. The van der Waals surface area contributed by atoms with Crippen LogP contribution in [-0.2, 0) is 16.0 Å². The van der Waals surface area contributed by atoms with Crippen molar-refractivity contribution in [3.63, 3.8) is 0 Å². The average molecular weight is 499 g/mol. The number of Topliss-reactive ketones (excluding diaryl/α,β-unsaturated/α-hetero) is 1. The maximum atomic E-state index is 13.4. The molecule has 3 aromatic rings. The largest absolute Gasteiger partial charge is 0.497 e. The minimum atomic E-state index is -0.520. The van der Waals surface area contributed by atoms with Gasteiger partial charge in [0.1, 0.15) is 11.5 Å². The van der Waals surface area contributed by atoms with Crippen molar-refractivity contribution in [3.05, 3.63) is 57.9 Å². The van der Waals surface area contributed by atoms with Gasteiger partial charge in [0.05, 0.1) is 61.8 Å². The summed E-state index contributed by atoms with van der Waals surface area (Å²) in [4.78, 5) is 43.1. The van der Waals surface area contributed by atoms with Crippen LogP contribution in [0.4, 0.5) is 0 Å². The van der Waals surface area contributed by atoms with Crippen molar-refractivity contribution in [1.29, 1.82) is 0 Å². The lowest BCUT2D eigenvalue weighted by Crippen LogP contribution is -2.29. The van der Waals surface area contributed by atoms with Crippen molar-refractivity contribution < 1.29 is 28.5 Å². The molecule has 1 fully saturated rings. The molecule has 0 amide bonds. The summed E-state index contributed by atoms with van der Waals surface area (Å²) < 4.78 is 22.6. The number of thioether (sulfide) groups is 1. The molecule has 0 saturated carbocycles. The molecule has 1 aliphatic rings. The van der Waals surface area contributed by atoms with E-state index >= 15 is 0 Å². The van der Waals surface area contributed by atoms with Gasteiger partial charge in [-0.1, -0.05) is 11.8 Å². The molecule has 0 aliphatic carbocycles. The number of hydrogen-bond donors (Lipinski definition) is 0. The van der Waals surface area contributed by atoms with Gasteiger partial charge in [-0.3, -0.25) is 14.2 Å². The molecular formula is C25H26N2O7S. The Balaban J connectivity index is 1.69. The van der Waals surface area contributed by atoms with Crippen LogP contribution in [0, 0.1) is 0 Å². The first kappa shape index (κ1) is 24.7. The summed E-state index contributed by atoms with van der Waals surface area (Å²) in [6.07, 6.45) is 1.68. The Morgan fingerprint density at radius 2 is 1.97 bits per heavy atom. The topological polar surface area (TPSA) is 106 Å². The second-order valence-electron chi connectivity index (χ2n) is 7.95. The molecule has 0 radical (unpaired) electrons. The van der Waals surface area contributed by atoms with Crippen LogP contribution in [0.15, 0.2) is 46.3 Å². The van der Waals surface area contributed by atoms with Crippen molar-refractivity contribution in [2.24, 2.45) is 0 Å². The van der Waals surface area contributed by atoms with Crippen LogP contribution in [-0.4, -0.2) is 61.1 Å². The fourth-order valence-corrected chi connectivity index (χ4v) is 4.84. The van der Waals surface area contributed by atoms with E-state index in [1.54, 1.807) is 34.9 Å². The summed E-state index contributed by atoms with van der Waals surface area (Å²) in [7, 11) is 4.32. The number of aromatic nitrogens is 2. The molecule has 0 bridgehead atoms. The van der Waals surface area contributed by atoms with E-state index in [-0.39, 0.29) is 23.2 Å². The van der Waals surface area contributed by atoms with E-state index in [2.05, 4.69) is 4.98 Å². The van der Waals surface area contributed by atoms with Gasteiger partial charge in [-0.15, -0.1) is 0 Å². The summed E-state index contributed by atoms with van der Waals surface area (Å²) in [6.45, 7) is 0.990. The fourth-order valence-electron chi connectivity index (χ4n) is 3.95. The van der Waals surface area contributed by atoms with Gasteiger partial charge in [-0.05, 0) is 43.2 Å². The molecule has 1 atom stereocenters. The molecule has 184 valence electrons. The summed E-state index contributed by atoms with van der Waals surface area (Å²) in [6, 6.07) is 9.63. The quantitative estimate of drug-likeness (QED) is 0.190. The summed E-state index contributed by atoms with van der Waals surface area (Å²) in [5.41, 5.74) is 0.804. The summed E-state index contributed by atoms with van der Waals surface area (Å²) >= 11 is 1.16. The first-order valence-electron chi connectivity index (χ1n) is 11.1. The van der Waals surface area contributed by atoms with Gasteiger partial charge in [0.25, 0.3) is 5.56 Å². The van der Waals surface area contributed by atoms with Crippen LogP contribution in [0.2, 0.25) is 0 Å². The molecule has 1 aliphatic heterocycles. The molecule has 4 rings (SSSR count). The number of fused-ring (bicyclic) bond motifs is 1. The minimum Gasteiger partial charge on any atom is -0.497 e. The lowest BCUT2D eigenvalue weighted by molar-refractivity contribution is 0.0600. The van der Waals surface area contributed by atoms with Crippen LogP contribution in [0.1, 0.15) is 33.6 Å². The van der Waals surface area contributed by atoms with Gasteiger partial charge < -0.3 is 18.9 Å². The van der Waals surface area contributed by atoms with Crippen LogP contribution < -0.4 is 15.0 Å². The summed E-state index contributed by atoms with van der Waals surface area (Å²) in [5, 5.41) is 0.754. The first-order valence-corrected chi connectivity index (χ1v) is 12.1. The molecule has 2 aromatic carbocycles. The molecule has 10 heteroatoms. The van der Waals surface area contributed by atoms with Crippen LogP contribution in [0.25, 0.3) is 10.9 Å². The number of carbonyl (C=O) groups excluding carboxylic acids is 2. The maximum Gasteiger partial charge on any atom is 0.337 e. The number of carbonyl (C=O) groups is 2. The van der Waals surface area contributed by atoms with Gasteiger partial charge in [-0.25, -0.2) is 9.78 Å². The van der Waals surface area contributed by atoms with E-state index in [1.165, 1.54) is 27.4 Å². The van der Waals surface area contributed by atoms with Gasteiger partial charge in [0.15, 0.2) is 10.9 Å². The van der Waals surface area contributed by atoms with E-state index in [9.17, 15) is 14.4 Å². The van der Waals surface area contributed by atoms with E-state index in [4.69, 9.17) is 18.9 Å². The molecule has 1 unspecified atom stereocenters. The van der Waals surface area contributed by atoms with Crippen molar-refractivity contribution >= 4 is 34.4 Å². The number of nitrogens with zero attached hydrogens (tertiary/aromatic N) is 2. The molecule has 1 saturated heterocycles. The van der Waals surface area contributed by atoms with Crippen molar-refractivity contribution in [2.75, 3.05) is 33.7 Å². The number of ketones is 1. The smallest absolute Gasteiger partial charge is 0.337 e. The first-order chi connectivity index (χ1) is 16.9. The highest BCUT2D eigenvalue weighted by atomic mass is 32.2. The number of esters is 1. The molecule has 2 heterocycles. The lowest BCUT2D eigenvalue weighted by atomic mass is 10.1. The fraction of sp³-hybridized carbons (Fsp3) is 0.360. The molecule has 1 aromatic heterocycles. The van der Waals surface area contributed by atoms with E-state index in [0.29, 0.717) is 51.8 Å². The zero-order valence-electron chi connectivity index (χ0n) is 19.7. The Kier molecular flexibility index (Phi) is 7.72. The third kappa shape index (κ3) is 5.33. The number of rotatable bonds is 9. The van der Waals surface area contributed by atoms with Gasteiger partial charge in [0, 0.05) is 12.7 Å². The molecule has 0 spiro atoms. The van der Waals surface area contributed by atoms with Crippen LogP contribution in [0.3, 0.4) is 0 Å². The standard InChI is InChI=1S/C25H26N2O7S/c1-31-16-7-9-19(22(12-16)32-2)21(28)14-35-25-26-20-11-15(24(30)33-3)6-8-18(20)23(29)27(25)13-17-5-4-10-34-17/h6-9,11-12,17H,4-5,10,13-14H2,1-3H3. The molecule has 35 heavy (non-hydrogen) atoms. The summed E-state index contributed by atoms with van der Waals surface area (Å²) in [5.74, 6) is 0.307. The third-order valence-electron chi connectivity index (χ3n) is 5.79. The van der Waals surface area contributed by atoms with Crippen LogP contribution in [0.5, 0.6) is 11.5 Å². The number of benzene rings is 2. The Labute approximate surface area is 206 Å². The second kappa shape index (κ2) is 10.9. The highest BCUT2D eigenvalue weighted by Gasteiger charge is 2.22. The van der Waals surface area contributed by atoms with Gasteiger partial charge >= 0.3 is 5.97 Å². The van der Waals surface area contributed by atoms with E-state index in [1.807, 2.05) is 0 Å². The third-order valence-corrected chi connectivity index (χ3v) is 6.77. The SMILES string of the molecule is COC(=O)c1ccc2c(=O)n(CC3CCCO3)c(SCC(=O)c3ccc(OC)cc3OC)nc2c1. The normalized spacial score (nSPS) is 15.2. The average Bonchev–Trinajstić information content (AvgIpc) is 3.41. The van der Waals surface area contributed by atoms with Gasteiger partial charge in [0.2, 0.25) is 0 Å². The minimum absolute atomic E-state index is 0.0306. The zero-order valence-corrected chi connectivity index (χ0v) is 20.6. The highest BCUT2D eigenvalue weighted by molar-refractivity contribution is 7.99. The van der Waals surface area contributed by atoms with Crippen LogP contribution >= 0.6 is 11.8 Å². The predicted octanol–water partition coefficient (Wildman–Crippen LogP) is 3.35. The Hall–Kier alpha value is -3.37. The van der Waals surface area contributed by atoms with E-state index < -0.39 is 5.97 Å².